The summed E-state index contributed by atoms with van der Waals surface area (Å²) in [5, 5.41) is 6.76. The first-order chi connectivity index (χ1) is 23.9. The molecule has 1 aromatic heterocycles. The monoisotopic (exact) mass is 745 g/mol. The summed E-state index contributed by atoms with van der Waals surface area (Å²) in [6.07, 6.45) is 2.38. The summed E-state index contributed by atoms with van der Waals surface area (Å²) in [6.45, 7) is 5.66. The summed E-state index contributed by atoms with van der Waals surface area (Å²) < 4.78 is 4.56. The Balaban J connectivity index is 0.00000302. The SMILES string of the molecule is C=CCN1CC(=O)N2[C@@H](Cc3ccc(O[P+]([O-])([O-])O)cc3)C(=O)N(Cc3cccc4c(C(C)=O)c[nH]c34)C[C@@H]2N1C(=O)NCc1ccccc1.[Na+].[Na+]. The molecule has 3 aromatic carbocycles. The molecule has 2 fully saturated rings. The maximum atomic E-state index is 14.4. The Morgan fingerprint density at radius 3 is 2.40 bits per heavy atom. The standard InChI is InChI=1S/C35H37N6O8P.2Na/c1-3-16-39-22-32(43)40-30(17-24-12-14-27(15-13-24)49-50(46,47)48)34(44)38(20-26-10-7-11-28-29(23(2)42)19-36-33(26)28)21-31(40)41(39)35(45)37-18-25-8-5-4-6-9-25;;/h3-15,19,30-31,36H,1,16-18,20-22H2,2H3,(H,37,45)(H2,46,47,48);;/q;2*+1/p-1/t30-,31-;;/m0../s1. The van der Waals surface area contributed by atoms with Crippen LogP contribution in [0, 0.1) is 0 Å². The van der Waals surface area contributed by atoms with Gasteiger partial charge in [0.15, 0.2) is 11.5 Å². The van der Waals surface area contributed by atoms with Crippen molar-refractivity contribution < 1.29 is 97.5 Å². The summed E-state index contributed by atoms with van der Waals surface area (Å²) in [5.41, 5.74) is 3.43. The van der Waals surface area contributed by atoms with Gasteiger partial charge in [-0.1, -0.05) is 66.7 Å². The summed E-state index contributed by atoms with van der Waals surface area (Å²) >= 11 is 0. The average Bonchev–Trinajstić information content (AvgIpc) is 3.52. The van der Waals surface area contributed by atoms with Gasteiger partial charge >= 0.3 is 65.1 Å². The van der Waals surface area contributed by atoms with Gasteiger partial charge in [-0.25, -0.2) is 19.7 Å². The number of H-pyrrole nitrogens is 1. The number of phosphoric acid groups is 1. The average molecular weight is 746 g/mol. The van der Waals surface area contributed by atoms with Gasteiger partial charge in [0.05, 0.1) is 18.6 Å². The number of nitrogens with zero attached hydrogens (tertiary/aromatic N) is 4. The maximum absolute atomic E-state index is 14.4. The van der Waals surface area contributed by atoms with Crippen LogP contribution < -0.4 is 78.7 Å². The van der Waals surface area contributed by atoms with Crippen molar-refractivity contribution in [1.29, 1.82) is 0 Å². The number of urea groups is 1. The van der Waals surface area contributed by atoms with Crippen LogP contribution in [0.5, 0.6) is 5.75 Å². The van der Waals surface area contributed by atoms with Crippen LogP contribution in [-0.2, 0) is 29.1 Å². The van der Waals surface area contributed by atoms with Gasteiger partial charge < -0.3 is 34.4 Å². The van der Waals surface area contributed by atoms with Gasteiger partial charge in [-0.15, -0.1) is 6.58 Å². The first-order valence-corrected chi connectivity index (χ1v) is 17.4. The van der Waals surface area contributed by atoms with Gasteiger partial charge in [-0.2, -0.15) is 0 Å². The predicted molar refractivity (Wildman–Crippen MR) is 180 cm³/mol. The van der Waals surface area contributed by atoms with Gasteiger partial charge in [-0.05, 0) is 35.7 Å². The Kier molecular flexibility index (Phi) is 14.3. The Labute approximate surface area is 345 Å². The number of hydrazine groups is 1. The van der Waals surface area contributed by atoms with Crippen LogP contribution in [0.3, 0.4) is 0 Å². The minimum absolute atomic E-state index is 0. The van der Waals surface area contributed by atoms with Crippen LogP contribution in [0.25, 0.3) is 10.9 Å². The molecule has 2 aliphatic rings. The number of ketones is 1. The molecule has 0 bridgehead atoms. The first kappa shape index (κ1) is 41.6. The van der Waals surface area contributed by atoms with Crippen LogP contribution >= 0.6 is 8.17 Å². The number of para-hydroxylation sites is 1. The van der Waals surface area contributed by atoms with Crippen molar-refractivity contribution in [2.24, 2.45) is 0 Å². The van der Waals surface area contributed by atoms with Crippen molar-refractivity contribution in [3.63, 3.8) is 0 Å². The topological polar surface area (TPSA) is 185 Å². The summed E-state index contributed by atoms with van der Waals surface area (Å²) in [7, 11) is -5.03. The number of rotatable bonds is 11. The van der Waals surface area contributed by atoms with E-state index in [2.05, 4.69) is 21.4 Å². The zero-order chi connectivity index (χ0) is 35.6. The van der Waals surface area contributed by atoms with E-state index in [1.807, 2.05) is 48.5 Å². The number of carbonyl (C=O) groups excluding carboxylic acids is 4. The second kappa shape index (κ2) is 17.8. The number of benzene rings is 3. The smallest absolute Gasteiger partial charge is 0.627 e. The predicted octanol–water partition coefficient (Wildman–Crippen LogP) is -4.12. The Bertz CT molecular complexity index is 1920. The van der Waals surface area contributed by atoms with Crippen LogP contribution in [0.2, 0.25) is 0 Å². The minimum atomic E-state index is -5.03. The summed E-state index contributed by atoms with van der Waals surface area (Å²) in [6, 6.07) is 19.1. The Hall–Kier alpha value is -3.11. The second-order valence-electron chi connectivity index (χ2n) is 12.1. The maximum Gasteiger partial charge on any atom is 1.00 e. The molecule has 17 heteroatoms. The normalized spacial score (nSPS) is 17.6. The largest absolute Gasteiger partial charge is 1.00 e. The number of aromatic nitrogens is 1. The number of piperazine rings is 1. The van der Waals surface area contributed by atoms with E-state index in [0.29, 0.717) is 16.6 Å². The number of hydrogen-bond acceptors (Lipinski definition) is 9. The van der Waals surface area contributed by atoms with Gasteiger partial charge in [0.25, 0.3) is 0 Å². The minimum Gasteiger partial charge on any atom is -0.627 e. The van der Waals surface area contributed by atoms with E-state index in [0.717, 1.165) is 16.5 Å². The molecule has 3 heterocycles. The molecule has 14 nitrogen and oxygen atoms in total. The molecular weight excluding hydrogens is 709 g/mol. The molecule has 260 valence electrons. The number of carbonyl (C=O) groups is 4. The number of aromatic amines is 1. The van der Waals surface area contributed by atoms with E-state index in [9.17, 15) is 29.0 Å². The van der Waals surface area contributed by atoms with E-state index in [1.165, 1.54) is 41.1 Å². The number of hydrogen-bond donors (Lipinski definition) is 3. The fourth-order valence-corrected chi connectivity index (χ4v) is 6.97. The Morgan fingerprint density at radius 1 is 1.04 bits per heavy atom. The van der Waals surface area contributed by atoms with E-state index in [-0.39, 0.29) is 122 Å². The van der Waals surface area contributed by atoms with Gasteiger partial charge in [0.2, 0.25) is 20.0 Å². The third-order valence-electron chi connectivity index (χ3n) is 8.78. The van der Waals surface area contributed by atoms with Crippen molar-refractivity contribution in [1.82, 2.24) is 30.1 Å². The molecule has 2 aliphatic heterocycles. The zero-order valence-electron chi connectivity index (χ0n) is 29.2. The fourth-order valence-electron chi connectivity index (χ4n) is 6.59. The van der Waals surface area contributed by atoms with Gasteiger partial charge in [0, 0.05) is 43.2 Å². The van der Waals surface area contributed by atoms with Crippen molar-refractivity contribution in [2.45, 2.75) is 38.6 Å². The molecule has 3 N–H and O–H groups in total. The molecule has 6 rings (SSSR count). The van der Waals surface area contributed by atoms with E-state index in [1.54, 1.807) is 22.2 Å². The van der Waals surface area contributed by atoms with E-state index >= 15 is 0 Å². The van der Waals surface area contributed by atoms with Crippen LogP contribution in [-0.4, -0.2) is 85.2 Å². The van der Waals surface area contributed by atoms with Gasteiger partial charge in [0.1, 0.15) is 12.2 Å². The van der Waals surface area contributed by atoms with Crippen molar-refractivity contribution >= 4 is 42.7 Å². The second-order valence-corrected chi connectivity index (χ2v) is 13.3. The zero-order valence-corrected chi connectivity index (χ0v) is 34.1. The number of phosphoric ester groups is 1. The van der Waals surface area contributed by atoms with Crippen molar-refractivity contribution in [3.8, 4) is 5.75 Å². The fraction of sp³-hybridized carbons (Fsp3) is 0.257. The summed E-state index contributed by atoms with van der Waals surface area (Å²) in [4.78, 5) is 92.4. The first-order valence-electron chi connectivity index (χ1n) is 15.9. The molecular formula is C35H36N6Na2O8P+. The van der Waals surface area contributed by atoms with E-state index in [4.69, 9.17) is 4.89 Å². The van der Waals surface area contributed by atoms with Crippen LogP contribution in [0.4, 0.5) is 4.79 Å². The quantitative estimate of drug-likeness (QED) is 0.0595. The number of Topliss-reactive ketones (excluding diaryl/α,β-unsaturated/α-hetero) is 1. The molecule has 2 saturated heterocycles. The molecule has 0 saturated carbocycles. The molecule has 0 radical (unpaired) electrons. The number of amides is 4. The third-order valence-corrected chi connectivity index (χ3v) is 9.22. The Morgan fingerprint density at radius 2 is 1.75 bits per heavy atom. The van der Waals surface area contributed by atoms with E-state index < -0.39 is 26.4 Å². The summed E-state index contributed by atoms with van der Waals surface area (Å²) in [5.74, 6) is -0.936. The van der Waals surface area contributed by atoms with Crippen molar-refractivity contribution in [2.75, 3.05) is 19.6 Å². The molecule has 52 heavy (non-hydrogen) atoms. The molecule has 0 spiro atoms. The molecule has 4 aromatic rings. The molecule has 0 aliphatic carbocycles. The molecule has 0 unspecified atom stereocenters. The van der Waals surface area contributed by atoms with Crippen LogP contribution in [0.15, 0.2) is 91.6 Å². The molecule has 2 atom stereocenters. The molecule has 4 amide bonds. The number of nitrogens with one attached hydrogen (secondary N) is 2. The third kappa shape index (κ3) is 9.33. The van der Waals surface area contributed by atoms with Crippen molar-refractivity contribution in [3.05, 3.63) is 114 Å². The number of fused-ring (bicyclic) bond motifs is 2. The van der Waals surface area contributed by atoms with Crippen LogP contribution in [0.1, 0.15) is 34.0 Å². The van der Waals surface area contributed by atoms with Gasteiger partial charge in [-0.3, -0.25) is 14.4 Å².